The van der Waals surface area contributed by atoms with Crippen molar-refractivity contribution in [3.63, 3.8) is 0 Å². The van der Waals surface area contributed by atoms with Crippen LogP contribution in [-0.4, -0.2) is 32.6 Å². The molecular formula is C9H12N6. The SMILES string of the molecule is Nc1ncnc2c1ncn2CC1CNC1. The summed E-state index contributed by atoms with van der Waals surface area (Å²) in [4.78, 5) is 12.3. The van der Waals surface area contributed by atoms with Crippen molar-refractivity contribution in [2.45, 2.75) is 6.54 Å². The molecule has 3 N–H and O–H groups in total. The van der Waals surface area contributed by atoms with Gasteiger partial charge in [0.2, 0.25) is 0 Å². The van der Waals surface area contributed by atoms with Crippen LogP contribution < -0.4 is 11.1 Å². The Morgan fingerprint density at radius 3 is 3.00 bits per heavy atom. The van der Waals surface area contributed by atoms with Crippen LogP contribution in [-0.2, 0) is 6.54 Å². The van der Waals surface area contributed by atoms with Gasteiger partial charge in [-0.15, -0.1) is 0 Å². The van der Waals surface area contributed by atoms with E-state index in [0.717, 1.165) is 25.3 Å². The van der Waals surface area contributed by atoms with Crippen molar-refractivity contribution in [1.29, 1.82) is 0 Å². The van der Waals surface area contributed by atoms with Gasteiger partial charge < -0.3 is 15.6 Å². The molecule has 0 radical (unpaired) electrons. The van der Waals surface area contributed by atoms with Crippen molar-refractivity contribution in [3.05, 3.63) is 12.7 Å². The average molecular weight is 204 g/mol. The van der Waals surface area contributed by atoms with Crippen molar-refractivity contribution in [2.24, 2.45) is 5.92 Å². The van der Waals surface area contributed by atoms with Gasteiger partial charge in [-0.05, 0) is 0 Å². The molecule has 0 atom stereocenters. The molecule has 0 aromatic carbocycles. The second-order valence-corrected chi connectivity index (χ2v) is 3.85. The minimum Gasteiger partial charge on any atom is -0.382 e. The maximum absolute atomic E-state index is 5.71. The number of hydrogen-bond acceptors (Lipinski definition) is 5. The molecule has 0 bridgehead atoms. The lowest BCUT2D eigenvalue weighted by molar-refractivity contribution is 0.309. The first kappa shape index (κ1) is 8.60. The van der Waals surface area contributed by atoms with E-state index in [1.807, 2.05) is 4.57 Å². The number of aromatic nitrogens is 4. The van der Waals surface area contributed by atoms with Gasteiger partial charge >= 0.3 is 0 Å². The van der Waals surface area contributed by atoms with Crippen LogP contribution in [0, 0.1) is 5.92 Å². The Labute approximate surface area is 86.5 Å². The molecule has 1 fully saturated rings. The lowest BCUT2D eigenvalue weighted by Crippen LogP contribution is -2.44. The fourth-order valence-corrected chi connectivity index (χ4v) is 1.79. The molecule has 0 amide bonds. The molecule has 1 saturated heterocycles. The van der Waals surface area contributed by atoms with E-state index in [-0.39, 0.29) is 0 Å². The summed E-state index contributed by atoms with van der Waals surface area (Å²) in [7, 11) is 0. The molecular weight excluding hydrogens is 192 g/mol. The Morgan fingerprint density at radius 2 is 2.27 bits per heavy atom. The highest BCUT2D eigenvalue weighted by Crippen LogP contribution is 2.16. The van der Waals surface area contributed by atoms with Gasteiger partial charge in [0.05, 0.1) is 6.33 Å². The number of fused-ring (bicyclic) bond motifs is 1. The zero-order valence-electron chi connectivity index (χ0n) is 8.22. The first-order valence-corrected chi connectivity index (χ1v) is 4.96. The Bertz CT molecular complexity index is 486. The predicted octanol–water partition coefficient (Wildman–Crippen LogP) is -0.372. The second-order valence-electron chi connectivity index (χ2n) is 3.85. The fraction of sp³-hybridized carbons (Fsp3) is 0.444. The third-order valence-electron chi connectivity index (χ3n) is 2.75. The van der Waals surface area contributed by atoms with Crippen LogP contribution in [0.1, 0.15) is 0 Å². The van der Waals surface area contributed by atoms with Crippen LogP contribution in [0.5, 0.6) is 0 Å². The number of nitrogens with one attached hydrogen (secondary N) is 1. The van der Waals surface area contributed by atoms with E-state index in [1.165, 1.54) is 6.33 Å². The topological polar surface area (TPSA) is 81.7 Å². The minimum absolute atomic E-state index is 0.450. The van der Waals surface area contributed by atoms with Gasteiger partial charge in [0.15, 0.2) is 11.5 Å². The number of anilines is 1. The first-order valence-electron chi connectivity index (χ1n) is 4.96. The molecule has 2 aromatic rings. The Morgan fingerprint density at radius 1 is 1.40 bits per heavy atom. The van der Waals surface area contributed by atoms with Crippen molar-refractivity contribution < 1.29 is 0 Å². The molecule has 3 rings (SSSR count). The van der Waals surface area contributed by atoms with Crippen LogP contribution in [0.2, 0.25) is 0 Å². The highest BCUT2D eigenvalue weighted by atomic mass is 15.1. The largest absolute Gasteiger partial charge is 0.382 e. The zero-order valence-corrected chi connectivity index (χ0v) is 8.22. The smallest absolute Gasteiger partial charge is 0.165 e. The van der Waals surface area contributed by atoms with Crippen LogP contribution in [0.4, 0.5) is 5.82 Å². The summed E-state index contributed by atoms with van der Waals surface area (Å²) >= 11 is 0. The quantitative estimate of drug-likeness (QED) is 0.697. The van der Waals surface area contributed by atoms with Gasteiger partial charge in [0, 0.05) is 25.6 Å². The molecule has 1 aliphatic rings. The van der Waals surface area contributed by atoms with E-state index < -0.39 is 0 Å². The Hall–Kier alpha value is -1.69. The van der Waals surface area contributed by atoms with Gasteiger partial charge in [-0.1, -0.05) is 0 Å². The highest BCUT2D eigenvalue weighted by Gasteiger charge is 2.18. The maximum atomic E-state index is 5.71. The lowest BCUT2D eigenvalue weighted by Gasteiger charge is -2.27. The molecule has 78 valence electrons. The number of nitrogen functional groups attached to an aromatic ring is 1. The second kappa shape index (κ2) is 3.16. The molecule has 15 heavy (non-hydrogen) atoms. The molecule has 0 spiro atoms. The number of nitrogens with zero attached hydrogens (tertiary/aromatic N) is 4. The summed E-state index contributed by atoms with van der Waals surface area (Å²) in [6.45, 7) is 3.08. The third kappa shape index (κ3) is 1.33. The number of nitrogens with two attached hydrogens (primary N) is 1. The summed E-state index contributed by atoms with van der Waals surface area (Å²) in [5.74, 6) is 1.13. The molecule has 3 heterocycles. The van der Waals surface area contributed by atoms with Gasteiger partial charge in [0.1, 0.15) is 11.8 Å². The van der Waals surface area contributed by atoms with Crippen LogP contribution in [0.15, 0.2) is 12.7 Å². The Balaban J connectivity index is 2.00. The van der Waals surface area contributed by atoms with Crippen LogP contribution in [0.25, 0.3) is 11.2 Å². The van der Waals surface area contributed by atoms with E-state index in [9.17, 15) is 0 Å². The molecule has 0 aliphatic carbocycles. The van der Waals surface area contributed by atoms with Gasteiger partial charge in [-0.25, -0.2) is 15.0 Å². The number of hydrogen-bond donors (Lipinski definition) is 2. The summed E-state index contributed by atoms with van der Waals surface area (Å²) in [5.41, 5.74) is 7.23. The van der Waals surface area contributed by atoms with E-state index >= 15 is 0 Å². The lowest BCUT2D eigenvalue weighted by atomic mass is 10.0. The predicted molar refractivity (Wildman–Crippen MR) is 56.1 cm³/mol. The first-order chi connectivity index (χ1) is 7.34. The van der Waals surface area contributed by atoms with Gasteiger partial charge in [-0.2, -0.15) is 0 Å². The number of rotatable bonds is 2. The van der Waals surface area contributed by atoms with Crippen molar-refractivity contribution in [2.75, 3.05) is 18.8 Å². The summed E-state index contributed by atoms with van der Waals surface area (Å²) < 4.78 is 2.04. The molecule has 0 saturated carbocycles. The maximum Gasteiger partial charge on any atom is 0.165 e. The standard InChI is InChI=1S/C9H12N6/c10-8-7-9(13-4-12-8)15(5-14-7)3-6-1-11-2-6/h4-6,11H,1-3H2,(H2,10,12,13). The molecule has 6 heteroatoms. The van der Waals surface area contributed by atoms with Crippen molar-refractivity contribution in [1.82, 2.24) is 24.8 Å². The zero-order chi connectivity index (χ0) is 10.3. The van der Waals surface area contributed by atoms with Crippen molar-refractivity contribution in [3.8, 4) is 0 Å². The Kier molecular flexibility index (Phi) is 1.81. The molecule has 2 aromatic heterocycles. The number of imidazole rings is 1. The summed E-state index contributed by atoms with van der Waals surface area (Å²) in [5, 5.41) is 3.24. The van der Waals surface area contributed by atoms with E-state index in [4.69, 9.17) is 5.73 Å². The molecule has 0 unspecified atom stereocenters. The van der Waals surface area contributed by atoms with E-state index in [2.05, 4.69) is 20.3 Å². The van der Waals surface area contributed by atoms with Crippen molar-refractivity contribution >= 4 is 17.0 Å². The van der Waals surface area contributed by atoms with E-state index in [1.54, 1.807) is 6.33 Å². The normalized spacial score (nSPS) is 16.8. The van der Waals surface area contributed by atoms with Crippen LogP contribution in [0.3, 0.4) is 0 Å². The third-order valence-corrected chi connectivity index (χ3v) is 2.75. The monoisotopic (exact) mass is 204 g/mol. The molecule has 6 nitrogen and oxygen atoms in total. The molecule has 1 aliphatic heterocycles. The summed E-state index contributed by atoms with van der Waals surface area (Å²) in [6.07, 6.45) is 3.27. The van der Waals surface area contributed by atoms with Crippen LogP contribution >= 0.6 is 0 Å². The fourth-order valence-electron chi connectivity index (χ4n) is 1.79. The highest BCUT2D eigenvalue weighted by molar-refractivity contribution is 5.81. The minimum atomic E-state index is 0.450. The van der Waals surface area contributed by atoms with Gasteiger partial charge in [0.25, 0.3) is 0 Å². The summed E-state index contributed by atoms with van der Waals surface area (Å²) in [6, 6.07) is 0. The van der Waals surface area contributed by atoms with Gasteiger partial charge in [-0.3, -0.25) is 0 Å². The average Bonchev–Trinajstić information content (AvgIpc) is 2.56. The van der Waals surface area contributed by atoms with E-state index in [0.29, 0.717) is 17.3 Å².